The first kappa shape index (κ1) is 21.5. The molecule has 2 aliphatic rings. The van der Waals surface area contributed by atoms with E-state index in [2.05, 4.69) is 28.2 Å². The first-order chi connectivity index (χ1) is 13.6. The van der Waals surface area contributed by atoms with Crippen molar-refractivity contribution >= 4 is 19.2 Å². The summed E-state index contributed by atoms with van der Waals surface area (Å²) in [5.41, 5.74) is 3.02. The molecular formula is C21H30N4O3S. The molecule has 2 aromatic heterocycles. The van der Waals surface area contributed by atoms with Gasteiger partial charge in [0.2, 0.25) is 5.88 Å². The van der Waals surface area contributed by atoms with Gasteiger partial charge in [-0.25, -0.2) is 9.97 Å². The molecule has 158 valence electrons. The van der Waals surface area contributed by atoms with Crippen molar-refractivity contribution in [2.75, 3.05) is 38.7 Å². The first-order valence-corrected chi connectivity index (χ1v) is 9.92. The van der Waals surface area contributed by atoms with Crippen LogP contribution in [0.3, 0.4) is 0 Å². The van der Waals surface area contributed by atoms with Gasteiger partial charge in [-0.3, -0.25) is 4.90 Å². The summed E-state index contributed by atoms with van der Waals surface area (Å²) in [7, 11) is 1.65. The van der Waals surface area contributed by atoms with E-state index < -0.39 is 0 Å². The van der Waals surface area contributed by atoms with Gasteiger partial charge in [0, 0.05) is 36.1 Å². The van der Waals surface area contributed by atoms with Gasteiger partial charge in [0.1, 0.15) is 13.2 Å². The summed E-state index contributed by atoms with van der Waals surface area (Å²) in [5.74, 6) is 1.99. The zero-order valence-corrected chi connectivity index (χ0v) is 18.3. The van der Waals surface area contributed by atoms with Gasteiger partial charge in [0.05, 0.1) is 12.8 Å². The second-order valence-corrected chi connectivity index (χ2v) is 7.43. The van der Waals surface area contributed by atoms with E-state index in [-0.39, 0.29) is 19.5 Å². The largest absolute Gasteiger partial charge is 0.484 e. The molecule has 4 heterocycles. The third-order valence-corrected chi connectivity index (χ3v) is 5.36. The maximum absolute atomic E-state index is 5.65. The fraction of sp³-hybridized carbons (Fsp3) is 0.524. The number of nitrogens with one attached hydrogen (secondary N) is 1. The molecule has 0 aliphatic carbocycles. The highest BCUT2D eigenvalue weighted by molar-refractivity contribution is 7.59. The molecular weight excluding hydrogens is 388 g/mol. The second-order valence-electron chi connectivity index (χ2n) is 7.43. The summed E-state index contributed by atoms with van der Waals surface area (Å²) in [5, 5.41) is 3.66. The summed E-state index contributed by atoms with van der Waals surface area (Å²) < 4.78 is 16.5. The molecule has 0 amide bonds. The SMILES string of the molecule is COc1cc(N[C@H]2CCCN(C(C)c3ccc4c(n3)OCCO4)C2)cc(C)n1.S. The zero-order valence-electron chi connectivity index (χ0n) is 17.3. The molecule has 1 saturated heterocycles. The number of anilines is 1. The number of piperidine rings is 1. The lowest BCUT2D eigenvalue weighted by Crippen LogP contribution is -2.43. The molecule has 29 heavy (non-hydrogen) atoms. The van der Waals surface area contributed by atoms with Crippen LogP contribution in [0.4, 0.5) is 5.69 Å². The minimum Gasteiger partial charge on any atom is -0.484 e. The van der Waals surface area contributed by atoms with E-state index in [4.69, 9.17) is 19.2 Å². The number of aromatic nitrogens is 2. The minimum absolute atomic E-state index is 0. The van der Waals surface area contributed by atoms with E-state index in [0.29, 0.717) is 31.0 Å². The average Bonchev–Trinajstić information content (AvgIpc) is 2.72. The third-order valence-electron chi connectivity index (χ3n) is 5.36. The van der Waals surface area contributed by atoms with E-state index >= 15 is 0 Å². The number of fused-ring (bicyclic) bond motifs is 1. The topological polar surface area (TPSA) is 68.7 Å². The first-order valence-electron chi connectivity index (χ1n) is 9.92. The van der Waals surface area contributed by atoms with Gasteiger partial charge in [-0.2, -0.15) is 13.5 Å². The molecule has 2 aliphatic heterocycles. The highest BCUT2D eigenvalue weighted by atomic mass is 32.1. The monoisotopic (exact) mass is 418 g/mol. The van der Waals surface area contributed by atoms with Crippen LogP contribution in [-0.4, -0.2) is 54.3 Å². The summed E-state index contributed by atoms with van der Waals surface area (Å²) >= 11 is 0. The molecule has 0 spiro atoms. The number of hydrogen-bond acceptors (Lipinski definition) is 7. The Balaban J connectivity index is 0.00000240. The minimum atomic E-state index is 0. The maximum Gasteiger partial charge on any atom is 0.257 e. The van der Waals surface area contributed by atoms with Crippen molar-refractivity contribution in [1.82, 2.24) is 14.9 Å². The van der Waals surface area contributed by atoms with Crippen molar-refractivity contribution in [2.45, 2.75) is 38.8 Å². The fourth-order valence-corrected chi connectivity index (χ4v) is 3.90. The molecule has 8 heteroatoms. The number of pyridine rings is 2. The van der Waals surface area contributed by atoms with E-state index in [9.17, 15) is 0 Å². The van der Waals surface area contributed by atoms with Crippen LogP contribution in [0.25, 0.3) is 0 Å². The Morgan fingerprint density at radius 2 is 2.03 bits per heavy atom. The van der Waals surface area contributed by atoms with Crippen LogP contribution in [0, 0.1) is 6.92 Å². The summed E-state index contributed by atoms with van der Waals surface area (Å²) in [6, 6.07) is 8.63. The quantitative estimate of drug-likeness (QED) is 0.799. The van der Waals surface area contributed by atoms with Gasteiger partial charge in [-0.1, -0.05) is 0 Å². The molecule has 7 nitrogen and oxygen atoms in total. The Morgan fingerprint density at radius 1 is 1.21 bits per heavy atom. The van der Waals surface area contributed by atoms with Crippen LogP contribution < -0.4 is 19.5 Å². The van der Waals surface area contributed by atoms with Gasteiger partial charge < -0.3 is 19.5 Å². The van der Waals surface area contributed by atoms with Crippen molar-refractivity contribution < 1.29 is 14.2 Å². The van der Waals surface area contributed by atoms with Gasteiger partial charge in [0.25, 0.3) is 5.88 Å². The lowest BCUT2D eigenvalue weighted by Gasteiger charge is -2.37. The Kier molecular flexibility index (Phi) is 7.08. The Labute approximate surface area is 179 Å². The average molecular weight is 419 g/mol. The van der Waals surface area contributed by atoms with E-state index in [1.807, 2.05) is 25.1 Å². The number of methoxy groups -OCH3 is 1. The number of ether oxygens (including phenoxy) is 3. The van der Waals surface area contributed by atoms with Crippen LogP contribution in [-0.2, 0) is 0 Å². The Hall–Kier alpha value is -2.19. The number of aryl methyl sites for hydroxylation is 1. The van der Waals surface area contributed by atoms with Crippen LogP contribution in [0.2, 0.25) is 0 Å². The predicted molar refractivity (Wildman–Crippen MR) is 118 cm³/mol. The van der Waals surface area contributed by atoms with E-state index in [1.165, 1.54) is 0 Å². The van der Waals surface area contributed by atoms with Crippen LogP contribution in [0.1, 0.15) is 37.2 Å². The number of nitrogens with zero attached hydrogens (tertiary/aromatic N) is 3. The maximum atomic E-state index is 5.65. The molecule has 2 atom stereocenters. The van der Waals surface area contributed by atoms with Crippen molar-refractivity contribution in [3.05, 3.63) is 35.7 Å². The normalized spacial score (nSPS) is 19.8. The molecule has 0 saturated carbocycles. The van der Waals surface area contributed by atoms with Gasteiger partial charge in [-0.15, -0.1) is 0 Å². The van der Waals surface area contributed by atoms with Crippen LogP contribution in [0.5, 0.6) is 17.5 Å². The third kappa shape index (κ3) is 5.05. The molecule has 1 unspecified atom stereocenters. The molecule has 1 fully saturated rings. The molecule has 2 aromatic rings. The Morgan fingerprint density at radius 3 is 2.86 bits per heavy atom. The highest BCUT2D eigenvalue weighted by Crippen LogP contribution is 2.32. The lowest BCUT2D eigenvalue weighted by atomic mass is 10.0. The number of likely N-dealkylation sites (tertiary alicyclic amines) is 1. The van der Waals surface area contributed by atoms with Crippen molar-refractivity contribution in [3.8, 4) is 17.5 Å². The fourth-order valence-electron chi connectivity index (χ4n) is 3.90. The molecule has 4 rings (SSSR count). The standard InChI is InChI=1S/C21H28N4O3.H2S/c1-14-11-17(12-20(22-14)26-3)23-16-5-4-8-25(13-16)15(2)18-6-7-19-21(24-18)28-10-9-27-19;/h6-7,11-12,15-16H,4-5,8-10,13H2,1-3H3,(H,22,23);1H2/t15?,16-;/m0./s1. The smallest absolute Gasteiger partial charge is 0.257 e. The summed E-state index contributed by atoms with van der Waals surface area (Å²) in [6.07, 6.45) is 2.29. The molecule has 0 aromatic carbocycles. The van der Waals surface area contributed by atoms with Crippen molar-refractivity contribution in [3.63, 3.8) is 0 Å². The summed E-state index contributed by atoms with van der Waals surface area (Å²) in [6.45, 7) is 7.36. The van der Waals surface area contributed by atoms with Gasteiger partial charge >= 0.3 is 0 Å². The highest BCUT2D eigenvalue weighted by Gasteiger charge is 2.26. The van der Waals surface area contributed by atoms with Crippen molar-refractivity contribution in [1.29, 1.82) is 0 Å². The number of rotatable bonds is 5. The molecule has 1 N–H and O–H groups in total. The van der Waals surface area contributed by atoms with Crippen molar-refractivity contribution in [2.24, 2.45) is 0 Å². The second kappa shape index (κ2) is 9.54. The van der Waals surface area contributed by atoms with Crippen LogP contribution >= 0.6 is 13.5 Å². The van der Waals surface area contributed by atoms with E-state index in [0.717, 1.165) is 48.8 Å². The summed E-state index contributed by atoms with van der Waals surface area (Å²) in [4.78, 5) is 11.5. The van der Waals surface area contributed by atoms with E-state index in [1.54, 1.807) is 7.11 Å². The van der Waals surface area contributed by atoms with Gasteiger partial charge in [-0.05, 0) is 51.4 Å². The molecule has 0 radical (unpaired) electrons. The predicted octanol–water partition coefficient (Wildman–Crippen LogP) is 3.32. The lowest BCUT2D eigenvalue weighted by molar-refractivity contribution is 0.151. The molecule has 0 bridgehead atoms. The zero-order chi connectivity index (χ0) is 19.5. The number of hydrogen-bond donors (Lipinski definition) is 1. The Bertz CT molecular complexity index is 836. The van der Waals surface area contributed by atoms with Crippen LogP contribution in [0.15, 0.2) is 24.3 Å². The van der Waals surface area contributed by atoms with Gasteiger partial charge in [0.15, 0.2) is 5.75 Å².